The van der Waals surface area contributed by atoms with Gasteiger partial charge in [0.05, 0.1) is 12.3 Å². The van der Waals surface area contributed by atoms with E-state index in [0.717, 1.165) is 26.9 Å². The number of halogens is 1. The van der Waals surface area contributed by atoms with E-state index in [-0.39, 0.29) is 24.1 Å². The Kier molecular flexibility index (Phi) is 8.46. The van der Waals surface area contributed by atoms with E-state index < -0.39 is 0 Å². The van der Waals surface area contributed by atoms with Crippen molar-refractivity contribution in [1.82, 2.24) is 20.1 Å². The SMILES string of the molecule is C=CCn1c(CNC(=O)c2cccc(C)c2)nnc1SCC(=O)Nc1ccc(Br)c(C)c1C. The molecule has 1 aromatic heterocycles. The van der Waals surface area contributed by atoms with Gasteiger partial charge in [-0.3, -0.25) is 9.59 Å². The number of nitrogens with one attached hydrogen (secondary N) is 2. The van der Waals surface area contributed by atoms with Crippen molar-refractivity contribution < 1.29 is 9.59 Å². The lowest BCUT2D eigenvalue weighted by Crippen LogP contribution is -2.25. The Morgan fingerprint density at radius 1 is 1.15 bits per heavy atom. The summed E-state index contributed by atoms with van der Waals surface area (Å²) < 4.78 is 2.85. The summed E-state index contributed by atoms with van der Waals surface area (Å²) in [4.78, 5) is 25.0. The van der Waals surface area contributed by atoms with Crippen LogP contribution in [-0.2, 0) is 17.9 Å². The molecule has 2 aromatic carbocycles. The molecule has 33 heavy (non-hydrogen) atoms. The second kappa shape index (κ2) is 11.3. The molecule has 0 spiro atoms. The van der Waals surface area contributed by atoms with E-state index in [1.54, 1.807) is 12.1 Å². The molecule has 172 valence electrons. The lowest BCUT2D eigenvalue weighted by atomic mass is 10.1. The van der Waals surface area contributed by atoms with E-state index in [4.69, 9.17) is 0 Å². The summed E-state index contributed by atoms with van der Waals surface area (Å²) >= 11 is 4.79. The Morgan fingerprint density at radius 2 is 1.94 bits per heavy atom. The number of rotatable bonds is 9. The highest BCUT2D eigenvalue weighted by Crippen LogP contribution is 2.26. The number of allylic oxidation sites excluding steroid dienone is 1. The summed E-state index contributed by atoms with van der Waals surface area (Å²) in [6.07, 6.45) is 1.73. The smallest absolute Gasteiger partial charge is 0.251 e. The Balaban J connectivity index is 1.63. The van der Waals surface area contributed by atoms with E-state index in [1.165, 1.54) is 11.8 Å². The summed E-state index contributed by atoms with van der Waals surface area (Å²) in [5.74, 6) is 0.463. The Bertz CT molecular complexity index is 1190. The van der Waals surface area contributed by atoms with Crippen molar-refractivity contribution in [1.29, 1.82) is 0 Å². The first-order valence-electron chi connectivity index (χ1n) is 10.4. The number of aryl methyl sites for hydroxylation is 1. The summed E-state index contributed by atoms with van der Waals surface area (Å²) in [6, 6.07) is 11.2. The predicted molar refractivity (Wildman–Crippen MR) is 136 cm³/mol. The fourth-order valence-electron chi connectivity index (χ4n) is 3.16. The summed E-state index contributed by atoms with van der Waals surface area (Å²) in [6.45, 7) is 10.4. The van der Waals surface area contributed by atoms with Crippen LogP contribution in [0.15, 0.2) is 58.7 Å². The Hall–Kier alpha value is -2.91. The predicted octanol–water partition coefficient (Wildman–Crippen LogP) is 4.81. The van der Waals surface area contributed by atoms with Crippen molar-refractivity contribution >= 4 is 45.2 Å². The van der Waals surface area contributed by atoms with Gasteiger partial charge in [-0.1, -0.05) is 51.5 Å². The second-order valence-electron chi connectivity index (χ2n) is 7.53. The molecule has 0 aliphatic heterocycles. The van der Waals surface area contributed by atoms with E-state index in [2.05, 4.69) is 43.3 Å². The quantitative estimate of drug-likeness (QED) is 0.307. The van der Waals surface area contributed by atoms with Crippen LogP contribution in [0.4, 0.5) is 5.69 Å². The van der Waals surface area contributed by atoms with Crippen molar-refractivity contribution in [3.8, 4) is 0 Å². The van der Waals surface area contributed by atoms with Gasteiger partial charge in [-0.2, -0.15) is 0 Å². The minimum atomic E-state index is -0.180. The molecular formula is C24H26BrN5O2S. The number of aromatic nitrogens is 3. The molecule has 0 fully saturated rings. The van der Waals surface area contributed by atoms with E-state index in [1.807, 2.05) is 55.7 Å². The van der Waals surface area contributed by atoms with Gasteiger partial charge in [-0.15, -0.1) is 16.8 Å². The van der Waals surface area contributed by atoms with Crippen LogP contribution in [0, 0.1) is 20.8 Å². The van der Waals surface area contributed by atoms with Crippen molar-refractivity contribution in [2.24, 2.45) is 0 Å². The fraction of sp³-hybridized carbons (Fsp3) is 0.250. The highest BCUT2D eigenvalue weighted by molar-refractivity contribution is 9.10. The first-order valence-corrected chi connectivity index (χ1v) is 12.1. The van der Waals surface area contributed by atoms with Crippen LogP contribution >= 0.6 is 27.7 Å². The molecule has 0 aliphatic carbocycles. The molecule has 2 N–H and O–H groups in total. The topological polar surface area (TPSA) is 88.9 Å². The molecule has 7 nitrogen and oxygen atoms in total. The number of hydrogen-bond donors (Lipinski definition) is 2. The van der Waals surface area contributed by atoms with Gasteiger partial charge < -0.3 is 15.2 Å². The molecule has 0 bridgehead atoms. The molecule has 2 amide bonds. The number of carbonyl (C=O) groups is 2. The molecule has 3 rings (SSSR count). The number of nitrogens with zero attached hydrogens (tertiary/aromatic N) is 3. The highest BCUT2D eigenvalue weighted by Gasteiger charge is 2.16. The van der Waals surface area contributed by atoms with Crippen molar-refractivity contribution in [2.75, 3.05) is 11.1 Å². The summed E-state index contributed by atoms with van der Waals surface area (Å²) in [5, 5.41) is 14.8. The second-order valence-corrected chi connectivity index (χ2v) is 9.33. The van der Waals surface area contributed by atoms with Gasteiger partial charge in [0, 0.05) is 22.3 Å². The number of carbonyl (C=O) groups excluding carboxylic acids is 2. The standard InChI is InChI=1S/C24H26BrN5O2S/c1-5-11-30-21(13-26-23(32)18-8-6-7-15(2)12-18)28-29-24(30)33-14-22(31)27-20-10-9-19(25)16(3)17(20)4/h5-10,12H,1,11,13-14H2,2-4H3,(H,26,32)(H,27,31). The third-order valence-corrected chi connectivity index (χ3v) is 6.95. The minimum absolute atomic E-state index is 0.132. The minimum Gasteiger partial charge on any atom is -0.345 e. The van der Waals surface area contributed by atoms with E-state index in [0.29, 0.717) is 23.1 Å². The fourth-order valence-corrected chi connectivity index (χ4v) is 4.35. The normalized spacial score (nSPS) is 10.7. The monoisotopic (exact) mass is 527 g/mol. The molecule has 0 saturated carbocycles. The number of anilines is 1. The van der Waals surface area contributed by atoms with Gasteiger partial charge in [0.1, 0.15) is 0 Å². The molecule has 0 radical (unpaired) electrons. The van der Waals surface area contributed by atoms with Crippen molar-refractivity contribution in [2.45, 2.75) is 39.0 Å². The zero-order chi connectivity index (χ0) is 24.0. The lowest BCUT2D eigenvalue weighted by Gasteiger charge is -2.12. The average molecular weight is 528 g/mol. The molecule has 0 saturated heterocycles. The van der Waals surface area contributed by atoms with Gasteiger partial charge in [-0.05, 0) is 56.2 Å². The molecule has 3 aromatic rings. The zero-order valence-corrected chi connectivity index (χ0v) is 21.2. The summed E-state index contributed by atoms with van der Waals surface area (Å²) in [5.41, 5.74) is 4.50. The van der Waals surface area contributed by atoms with Gasteiger partial charge in [0.25, 0.3) is 5.91 Å². The maximum Gasteiger partial charge on any atom is 0.251 e. The number of amides is 2. The molecule has 0 aliphatic rings. The highest BCUT2D eigenvalue weighted by atomic mass is 79.9. The largest absolute Gasteiger partial charge is 0.345 e. The van der Waals surface area contributed by atoms with E-state index >= 15 is 0 Å². The molecule has 0 unspecified atom stereocenters. The van der Waals surface area contributed by atoms with Crippen LogP contribution in [0.2, 0.25) is 0 Å². The van der Waals surface area contributed by atoms with Crippen molar-refractivity contribution in [3.63, 3.8) is 0 Å². The van der Waals surface area contributed by atoms with Crippen LogP contribution < -0.4 is 10.6 Å². The Morgan fingerprint density at radius 3 is 2.67 bits per heavy atom. The van der Waals surface area contributed by atoms with Crippen LogP contribution in [0.3, 0.4) is 0 Å². The van der Waals surface area contributed by atoms with Gasteiger partial charge in [-0.25, -0.2) is 0 Å². The van der Waals surface area contributed by atoms with Crippen LogP contribution in [0.5, 0.6) is 0 Å². The Labute approximate surface area is 206 Å². The van der Waals surface area contributed by atoms with Gasteiger partial charge >= 0.3 is 0 Å². The van der Waals surface area contributed by atoms with Crippen molar-refractivity contribution in [3.05, 3.63) is 81.6 Å². The molecule has 9 heteroatoms. The number of benzene rings is 2. The number of hydrogen-bond acceptors (Lipinski definition) is 5. The average Bonchev–Trinajstić information content (AvgIpc) is 3.18. The van der Waals surface area contributed by atoms with Crippen LogP contribution in [0.1, 0.15) is 32.9 Å². The van der Waals surface area contributed by atoms with Gasteiger partial charge in [0.15, 0.2) is 11.0 Å². The molecular weight excluding hydrogens is 502 g/mol. The zero-order valence-electron chi connectivity index (χ0n) is 18.8. The third kappa shape index (κ3) is 6.33. The maximum atomic E-state index is 12.5. The maximum absolute atomic E-state index is 12.5. The first-order chi connectivity index (χ1) is 15.8. The van der Waals surface area contributed by atoms with Crippen LogP contribution in [-0.4, -0.2) is 32.3 Å². The third-order valence-electron chi connectivity index (χ3n) is 5.12. The molecule has 0 atom stereocenters. The summed E-state index contributed by atoms with van der Waals surface area (Å²) in [7, 11) is 0. The number of thioether (sulfide) groups is 1. The van der Waals surface area contributed by atoms with E-state index in [9.17, 15) is 9.59 Å². The van der Waals surface area contributed by atoms with Gasteiger partial charge in [0.2, 0.25) is 5.91 Å². The lowest BCUT2D eigenvalue weighted by molar-refractivity contribution is -0.113. The first kappa shape index (κ1) is 24.7. The van der Waals surface area contributed by atoms with Crippen LogP contribution in [0.25, 0.3) is 0 Å². The molecule has 1 heterocycles.